The fraction of sp³-hybridized carbons (Fsp3) is 0.429. The number of rotatable bonds is 3. The van der Waals surface area contributed by atoms with Crippen LogP contribution in [0.5, 0.6) is 23.0 Å². The third kappa shape index (κ3) is 3.07. The van der Waals surface area contributed by atoms with E-state index in [2.05, 4.69) is 17.0 Å². The molecule has 3 aliphatic heterocycles. The summed E-state index contributed by atoms with van der Waals surface area (Å²) in [6.07, 6.45) is 2.49. The summed E-state index contributed by atoms with van der Waals surface area (Å²) in [5, 5.41) is 0. The summed E-state index contributed by atoms with van der Waals surface area (Å²) in [7, 11) is 0. The number of likely N-dealkylation sites (tertiary alicyclic amines) is 1. The first kappa shape index (κ1) is 15.8. The Morgan fingerprint density at radius 2 is 1.77 bits per heavy atom. The molecule has 26 heavy (non-hydrogen) atoms. The molecular formula is C21H23NO4. The van der Waals surface area contributed by atoms with Crippen molar-refractivity contribution >= 4 is 0 Å². The van der Waals surface area contributed by atoms with Crippen molar-refractivity contribution in [2.45, 2.75) is 24.9 Å². The molecule has 1 unspecified atom stereocenters. The molecule has 2 atom stereocenters. The molecule has 5 nitrogen and oxygen atoms in total. The minimum atomic E-state index is 0.0837. The van der Waals surface area contributed by atoms with Crippen molar-refractivity contribution < 1.29 is 18.9 Å². The maximum Gasteiger partial charge on any atom is 0.231 e. The van der Waals surface area contributed by atoms with E-state index in [0.717, 1.165) is 42.6 Å². The van der Waals surface area contributed by atoms with Crippen LogP contribution in [0.3, 0.4) is 0 Å². The SMILES string of the molecule is c1ccc2c(c1)OC[C@H](CN1CCCC(c3ccc4c(c3)OCO4)C1)O2. The first-order valence-electron chi connectivity index (χ1n) is 9.35. The lowest BCUT2D eigenvalue weighted by atomic mass is 9.90. The monoisotopic (exact) mass is 353 g/mol. The highest BCUT2D eigenvalue weighted by Crippen LogP contribution is 2.37. The zero-order valence-corrected chi connectivity index (χ0v) is 14.7. The van der Waals surface area contributed by atoms with Gasteiger partial charge >= 0.3 is 0 Å². The van der Waals surface area contributed by atoms with Crippen molar-refractivity contribution in [3.63, 3.8) is 0 Å². The van der Waals surface area contributed by atoms with Gasteiger partial charge in [-0.15, -0.1) is 0 Å². The summed E-state index contributed by atoms with van der Waals surface area (Å²) in [4.78, 5) is 2.50. The molecule has 2 aromatic carbocycles. The van der Waals surface area contributed by atoms with Crippen LogP contribution >= 0.6 is 0 Å². The van der Waals surface area contributed by atoms with E-state index in [-0.39, 0.29) is 6.10 Å². The topological polar surface area (TPSA) is 40.2 Å². The standard InChI is InChI=1S/C21H23NO4/c1-2-6-20-18(5-1)23-13-17(26-20)12-22-9-3-4-16(11-22)15-7-8-19-21(10-15)25-14-24-19/h1-2,5-8,10,16-17H,3-4,9,11-14H2/t16?,17-/m0/s1. The van der Waals surface area contributed by atoms with E-state index >= 15 is 0 Å². The molecule has 136 valence electrons. The van der Waals surface area contributed by atoms with E-state index in [0.29, 0.717) is 19.3 Å². The molecule has 3 heterocycles. The van der Waals surface area contributed by atoms with Crippen molar-refractivity contribution in [1.82, 2.24) is 4.90 Å². The molecule has 3 aliphatic rings. The lowest BCUT2D eigenvalue weighted by Gasteiger charge is -2.36. The van der Waals surface area contributed by atoms with Crippen molar-refractivity contribution in [1.29, 1.82) is 0 Å². The van der Waals surface area contributed by atoms with Crippen LogP contribution in [-0.4, -0.2) is 44.0 Å². The quantitative estimate of drug-likeness (QED) is 0.845. The fourth-order valence-electron chi connectivity index (χ4n) is 4.10. The molecule has 0 aromatic heterocycles. The van der Waals surface area contributed by atoms with Gasteiger partial charge in [-0.2, -0.15) is 0 Å². The summed E-state index contributed by atoms with van der Waals surface area (Å²) < 4.78 is 23.0. The molecule has 0 N–H and O–H groups in total. The van der Waals surface area contributed by atoms with Gasteiger partial charge in [0.1, 0.15) is 12.7 Å². The van der Waals surface area contributed by atoms with E-state index in [4.69, 9.17) is 18.9 Å². The molecular weight excluding hydrogens is 330 g/mol. The molecule has 1 saturated heterocycles. The van der Waals surface area contributed by atoms with Gasteiger partial charge in [0.2, 0.25) is 6.79 Å². The Morgan fingerprint density at radius 1 is 0.923 bits per heavy atom. The number of fused-ring (bicyclic) bond motifs is 2. The van der Waals surface area contributed by atoms with Crippen LogP contribution in [0.4, 0.5) is 0 Å². The second kappa shape index (κ2) is 6.72. The second-order valence-electron chi connectivity index (χ2n) is 7.21. The van der Waals surface area contributed by atoms with Crippen LogP contribution in [-0.2, 0) is 0 Å². The van der Waals surface area contributed by atoms with Gasteiger partial charge in [-0.3, -0.25) is 4.90 Å². The van der Waals surface area contributed by atoms with Crippen LogP contribution in [0.1, 0.15) is 24.3 Å². The number of hydrogen-bond acceptors (Lipinski definition) is 5. The Kier molecular flexibility index (Phi) is 4.09. The number of benzene rings is 2. The first-order valence-corrected chi connectivity index (χ1v) is 9.35. The molecule has 2 aromatic rings. The zero-order valence-electron chi connectivity index (χ0n) is 14.7. The molecule has 0 radical (unpaired) electrons. The molecule has 0 bridgehead atoms. The van der Waals surface area contributed by atoms with Crippen molar-refractivity contribution in [3.8, 4) is 23.0 Å². The predicted molar refractivity (Wildman–Crippen MR) is 97.3 cm³/mol. The Labute approximate surface area is 153 Å². The van der Waals surface area contributed by atoms with Crippen molar-refractivity contribution in [2.75, 3.05) is 33.0 Å². The molecule has 0 aliphatic carbocycles. The first-order chi connectivity index (χ1) is 12.8. The van der Waals surface area contributed by atoms with Gasteiger partial charge in [0.15, 0.2) is 23.0 Å². The van der Waals surface area contributed by atoms with E-state index in [9.17, 15) is 0 Å². The van der Waals surface area contributed by atoms with Crippen LogP contribution in [0.25, 0.3) is 0 Å². The van der Waals surface area contributed by atoms with Crippen molar-refractivity contribution in [3.05, 3.63) is 48.0 Å². The minimum absolute atomic E-state index is 0.0837. The van der Waals surface area contributed by atoms with Crippen LogP contribution in [0.2, 0.25) is 0 Å². The highest BCUT2D eigenvalue weighted by Gasteiger charge is 2.28. The van der Waals surface area contributed by atoms with Gasteiger partial charge < -0.3 is 18.9 Å². The average Bonchev–Trinajstić information content (AvgIpc) is 3.16. The molecule has 0 spiro atoms. The Morgan fingerprint density at radius 3 is 2.73 bits per heavy atom. The van der Waals surface area contributed by atoms with Crippen LogP contribution in [0, 0.1) is 0 Å². The number of nitrogens with zero attached hydrogens (tertiary/aromatic N) is 1. The Hall–Kier alpha value is -2.40. The summed E-state index contributed by atoms with van der Waals surface area (Å²) >= 11 is 0. The Balaban J connectivity index is 1.24. The van der Waals surface area contributed by atoms with Gasteiger partial charge in [0, 0.05) is 13.1 Å². The minimum Gasteiger partial charge on any atom is -0.486 e. The zero-order chi connectivity index (χ0) is 17.3. The van der Waals surface area contributed by atoms with Gasteiger partial charge in [0.05, 0.1) is 0 Å². The number of hydrogen-bond donors (Lipinski definition) is 0. The number of piperidine rings is 1. The van der Waals surface area contributed by atoms with E-state index in [1.165, 1.54) is 18.4 Å². The summed E-state index contributed by atoms with van der Waals surface area (Å²) in [6.45, 7) is 4.00. The molecule has 5 heteroatoms. The Bertz CT molecular complexity index is 793. The summed E-state index contributed by atoms with van der Waals surface area (Å²) in [6, 6.07) is 14.3. The third-order valence-corrected chi connectivity index (χ3v) is 5.40. The van der Waals surface area contributed by atoms with Crippen molar-refractivity contribution in [2.24, 2.45) is 0 Å². The van der Waals surface area contributed by atoms with Gasteiger partial charge in [-0.05, 0) is 55.1 Å². The number of para-hydroxylation sites is 2. The number of ether oxygens (including phenoxy) is 4. The summed E-state index contributed by atoms with van der Waals surface area (Å²) in [5.74, 6) is 3.96. The average molecular weight is 353 g/mol. The highest BCUT2D eigenvalue weighted by molar-refractivity contribution is 5.45. The second-order valence-corrected chi connectivity index (χ2v) is 7.21. The molecule has 1 fully saturated rings. The van der Waals surface area contributed by atoms with E-state index in [1.807, 2.05) is 30.3 Å². The van der Waals surface area contributed by atoms with Crippen LogP contribution < -0.4 is 18.9 Å². The predicted octanol–water partition coefficient (Wildman–Crippen LogP) is 3.43. The third-order valence-electron chi connectivity index (χ3n) is 5.40. The maximum atomic E-state index is 6.13. The highest BCUT2D eigenvalue weighted by atomic mass is 16.7. The largest absolute Gasteiger partial charge is 0.486 e. The molecule has 0 amide bonds. The molecule has 5 rings (SSSR count). The molecule has 0 saturated carbocycles. The maximum absolute atomic E-state index is 6.13. The van der Waals surface area contributed by atoms with E-state index in [1.54, 1.807) is 0 Å². The van der Waals surface area contributed by atoms with Crippen LogP contribution in [0.15, 0.2) is 42.5 Å². The van der Waals surface area contributed by atoms with Gasteiger partial charge in [0.25, 0.3) is 0 Å². The smallest absolute Gasteiger partial charge is 0.231 e. The summed E-state index contributed by atoms with van der Waals surface area (Å²) in [5.41, 5.74) is 1.34. The van der Waals surface area contributed by atoms with E-state index < -0.39 is 0 Å². The fourth-order valence-corrected chi connectivity index (χ4v) is 4.10. The van der Waals surface area contributed by atoms with Gasteiger partial charge in [-0.1, -0.05) is 18.2 Å². The normalized spacial score (nSPS) is 24.5. The van der Waals surface area contributed by atoms with Gasteiger partial charge in [-0.25, -0.2) is 0 Å². The lowest BCUT2D eigenvalue weighted by Crippen LogP contribution is -2.44. The lowest BCUT2D eigenvalue weighted by molar-refractivity contribution is 0.0504.